The van der Waals surface area contributed by atoms with Crippen LogP contribution in [0.2, 0.25) is 0 Å². The molecule has 0 aliphatic heterocycles. The van der Waals surface area contributed by atoms with Gasteiger partial charge < -0.3 is 20.1 Å². The van der Waals surface area contributed by atoms with E-state index in [1.807, 2.05) is 22.6 Å². The van der Waals surface area contributed by atoms with E-state index in [4.69, 9.17) is 9.84 Å². The van der Waals surface area contributed by atoms with E-state index >= 15 is 0 Å². The molecule has 104 valence electrons. The number of nitrogens with one attached hydrogen (secondary N) is 1. The molecule has 7 heteroatoms. The van der Waals surface area contributed by atoms with E-state index in [-0.39, 0.29) is 17.3 Å². The molecule has 0 spiro atoms. The lowest BCUT2D eigenvalue weighted by Gasteiger charge is -2.18. The molecule has 1 rings (SSSR count). The van der Waals surface area contributed by atoms with Gasteiger partial charge in [0.1, 0.15) is 0 Å². The Bertz CT molecular complexity index is 479. The van der Waals surface area contributed by atoms with Crippen molar-refractivity contribution in [3.8, 4) is 0 Å². The van der Waals surface area contributed by atoms with Crippen molar-refractivity contribution in [2.45, 2.75) is 0 Å². The van der Waals surface area contributed by atoms with E-state index in [2.05, 4.69) is 5.32 Å². The number of amides is 2. The molecule has 0 aliphatic rings. The molecule has 0 bridgehead atoms. The topological polar surface area (TPSA) is 78.9 Å². The Labute approximate surface area is 124 Å². The minimum atomic E-state index is -1.08. The minimum Gasteiger partial charge on any atom is -0.478 e. The molecular weight excluding hydrogens is 363 g/mol. The summed E-state index contributed by atoms with van der Waals surface area (Å²) in [6.45, 7) is 0.845. The fourth-order valence-electron chi connectivity index (χ4n) is 1.34. The van der Waals surface area contributed by atoms with Crippen LogP contribution in [0.15, 0.2) is 18.2 Å². The molecular formula is C12H15IN2O4. The van der Waals surface area contributed by atoms with Crippen molar-refractivity contribution in [2.75, 3.05) is 32.6 Å². The number of ether oxygens (including phenoxy) is 1. The van der Waals surface area contributed by atoms with Gasteiger partial charge in [0.2, 0.25) is 0 Å². The second-order valence-electron chi connectivity index (χ2n) is 3.84. The number of methoxy groups -OCH3 is 1. The molecule has 1 aromatic rings. The average Bonchev–Trinajstić information content (AvgIpc) is 2.37. The van der Waals surface area contributed by atoms with Crippen LogP contribution in [0.3, 0.4) is 0 Å². The van der Waals surface area contributed by atoms with Gasteiger partial charge in [-0.1, -0.05) is 0 Å². The summed E-state index contributed by atoms with van der Waals surface area (Å²) >= 11 is 2.02. The summed E-state index contributed by atoms with van der Waals surface area (Å²) in [5.41, 5.74) is 0.350. The summed E-state index contributed by atoms with van der Waals surface area (Å²) in [5, 5.41) is 11.7. The zero-order valence-electron chi connectivity index (χ0n) is 10.6. The average molecular weight is 378 g/mol. The molecule has 0 atom stereocenters. The van der Waals surface area contributed by atoms with Gasteiger partial charge in [-0.05, 0) is 40.8 Å². The van der Waals surface area contributed by atoms with Crippen LogP contribution in [0.25, 0.3) is 0 Å². The molecule has 0 saturated heterocycles. The molecule has 0 unspecified atom stereocenters. The Hall–Kier alpha value is -1.35. The molecule has 1 aromatic carbocycles. The first-order valence-electron chi connectivity index (χ1n) is 5.49. The van der Waals surface area contributed by atoms with Gasteiger partial charge in [0.15, 0.2) is 0 Å². The van der Waals surface area contributed by atoms with Gasteiger partial charge in [-0.15, -0.1) is 0 Å². The smallest absolute Gasteiger partial charge is 0.337 e. The first-order valence-corrected chi connectivity index (χ1v) is 6.57. The molecule has 0 aromatic heterocycles. The third-order valence-corrected chi connectivity index (χ3v) is 3.10. The molecule has 0 aliphatic carbocycles. The predicted molar refractivity (Wildman–Crippen MR) is 79.6 cm³/mol. The first-order chi connectivity index (χ1) is 8.95. The largest absolute Gasteiger partial charge is 0.478 e. The van der Waals surface area contributed by atoms with Gasteiger partial charge in [0.05, 0.1) is 17.9 Å². The molecule has 19 heavy (non-hydrogen) atoms. The Balaban J connectivity index is 2.81. The number of hydrogen-bond acceptors (Lipinski definition) is 3. The van der Waals surface area contributed by atoms with E-state index in [0.717, 1.165) is 3.57 Å². The van der Waals surface area contributed by atoms with Crippen LogP contribution >= 0.6 is 22.6 Å². The summed E-state index contributed by atoms with van der Waals surface area (Å²) < 4.78 is 5.67. The number of anilines is 1. The maximum atomic E-state index is 11.8. The van der Waals surface area contributed by atoms with Crippen LogP contribution in [0.5, 0.6) is 0 Å². The number of benzene rings is 1. The van der Waals surface area contributed by atoms with E-state index in [1.54, 1.807) is 26.3 Å². The van der Waals surface area contributed by atoms with Crippen LogP contribution < -0.4 is 5.32 Å². The number of carbonyl (C=O) groups excluding carboxylic acids is 1. The van der Waals surface area contributed by atoms with Crippen molar-refractivity contribution in [2.24, 2.45) is 0 Å². The second-order valence-corrected chi connectivity index (χ2v) is 5.09. The first kappa shape index (κ1) is 15.7. The summed E-state index contributed by atoms with van der Waals surface area (Å²) in [6, 6.07) is 4.44. The summed E-state index contributed by atoms with van der Waals surface area (Å²) in [6.07, 6.45) is 0. The highest BCUT2D eigenvalue weighted by Gasteiger charge is 2.15. The predicted octanol–water partition coefficient (Wildman–Crippen LogP) is 2.10. The summed E-state index contributed by atoms with van der Waals surface area (Å²) in [7, 11) is 3.16. The van der Waals surface area contributed by atoms with Crippen LogP contribution in [-0.2, 0) is 4.74 Å². The van der Waals surface area contributed by atoms with E-state index in [0.29, 0.717) is 13.2 Å². The highest BCUT2D eigenvalue weighted by Crippen LogP contribution is 2.19. The normalized spacial score (nSPS) is 10.1. The van der Waals surface area contributed by atoms with Gasteiger partial charge in [-0.2, -0.15) is 0 Å². The number of aromatic carboxylic acids is 1. The maximum absolute atomic E-state index is 11.8. The Kier molecular flexibility index (Phi) is 6.03. The SMILES string of the molecule is COCCN(C)C(=O)Nc1ccc(I)cc1C(=O)O. The zero-order chi connectivity index (χ0) is 14.4. The number of likely N-dealkylation sites (N-methyl/N-ethyl adjacent to an activating group) is 1. The van der Waals surface area contributed by atoms with E-state index in [1.165, 1.54) is 11.0 Å². The molecule has 0 saturated carbocycles. The van der Waals surface area contributed by atoms with Crippen LogP contribution in [0.4, 0.5) is 10.5 Å². The standard InChI is InChI=1S/C12H15IN2O4/c1-15(5-6-19-2)12(18)14-10-4-3-8(13)7-9(10)11(16)17/h3-4,7H,5-6H2,1-2H3,(H,14,18)(H,16,17). The van der Waals surface area contributed by atoms with Crippen molar-refractivity contribution in [3.05, 3.63) is 27.3 Å². The lowest BCUT2D eigenvalue weighted by atomic mass is 10.2. The molecule has 2 N–H and O–H groups in total. The van der Waals surface area contributed by atoms with Gasteiger partial charge in [0, 0.05) is 24.3 Å². The number of carbonyl (C=O) groups is 2. The fraction of sp³-hybridized carbons (Fsp3) is 0.333. The van der Waals surface area contributed by atoms with Gasteiger partial charge in [-0.3, -0.25) is 0 Å². The van der Waals surface area contributed by atoms with E-state index < -0.39 is 5.97 Å². The summed E-state index contributed by atoms with van der Waals surface area (Å²) in [4.78, 5) is 24.4. The third-order valence-electron chi connectivity index (χ3n) is 2.43. The molecule has 0 fully saturated rings. The van der Waals surface area contributed by atoms with Crippen molar-refractivity contribution in [1.29, 1.82) is 0 Å². The quantitative estimate of drug-likeness (QED) is 0.770. The molecule has 2 amide bonds. The van der Waals surface area contributed by atoms with Crippen LogP contribution in [-0.4, -0.2) is 49.3 Å². The van der Waals surface area contributed by atoms with Crippen molar-refractivity contribution < 1.29 is 19.4 Å². The van der Waals surface area contributed by atoms with Crippen molar-refractivity contribution >= 4 is 40.3 Å². The Morgan fingerprint density at radius 3 is 2.74 bits per heavy atom. The number of urea groups is 1. The lowest BCUT2D eigenvalue weighted by Crippen LogP contribution is -2.34. The van der Waals surface area contributed by atoms with E-state index in [9.17, 15) is 9.59 Å². The van der Waals surface area contributed by atoms with Gasteiger partial charge in [0.25, 0.3) is 0 Å². The molecule has 0 heterocycles. The number of hydrogen-bond donors (Lipinski definition) is 2. The van der Waals surface area contributed by atoms with Crippen LogP contribution in [0, 0.1) is 3.57 Å². The van der Waals surface area contributed by atoms with Crippen molar-refractivity contribution in [1.82, 2.24) is 4.90 Å². The number of rotatable bonds is 5. The third kappa shape index (κ3) is 4.67. The number of nitrogens with zero attached hydrogens (tertiary/aromatic N) is 1. The minimum absolute atomic E-state index is 0.0698. The van der Waals surface area contributed by atoms with Gasteiger partial charge in [-0.25, -0.2) is 9.59 Å². The fourth-order valence-corrected chi connectivity index (χ4v) is 1.83. The number of carboxylic acids is 1. The summed E-state index contributed by atoms with van der Waals surface area (Å²) in [5.74, 6) is -1.08. The highest BCUT2D eigenvalue weighted by atomic mass is 127. The Morgan fingerprint density at radius 1 is 1.47 bits per heavy atom. The lowest BCUT2D eigenvalue weighted by molar-refractivity contribution is 0.0698. The highest BCUT2D eigenvalue weighted by molar-refractivity contribution is 14.1. The zero-order valence-corrected chi connectivity index (χ0v) is 12.8. The monoisotopic (exact) mass is 378 g/mol. The maximum Gasteiger partial charge on any atom is 0.337 e. The molecule has 0 radical (unpaired) electrons. The van der Waals surface area contributed by atoms with Crippen LogP contribution in [0.1, 0.15) is 10.4 Å². The second kappa shape index (κ2) is 7.29. The molecule has 6 nitrogen and oxygen atoms in total. The Morgan fingerprint density at radius 2 is 2.16 bits per heavy atom. The van der Waals surface area contributed by atoms with Gasteiger partial charge >= 0.3 is 12.0 Å². The van der Waals surface area contributed by atoms with Crippen molar-refractivity contribution in [3.63, 3.8) is 0 Å². The number of carboxylic acid groups (broad SMARTS) is 1. The number of halogens is 1.